The van der Waals surface area contributed by atoms with Gasteiger partial charge >= 0.3 is 0 Å². The maximum Gasteiger partial charge on any atom is 0.0884 e. The molecule has 0 saturated carbocycles. The topological polar surface area (TPSA) is 45.9 Å². The van der Waals surface area contributed by atoms with Crippen LogP contribution in [0.5, 0.6) is 0 Å². The zero-order valence-corrected chi connectivity index (χ0v) is 7.66. The zero-order chi connectivity index (χ0) is 9.52. The van der Waals surface area contributed by atoms with Gasteiger partial charge in [-0.15, -0.1) is 0 Å². The highest BCUT2D eigenvalue weighted by molar-refractivity contribution is 5.11. The molecule has 13 heavy (non-hydrogen) atoms. The van der Waals surface area contributed by atoms with Crippen molar-refractivity contribution in [1.29, 1.82) is 5.26 Å². The van der Waals surface area contributed by atoms with Crippen molar-refractivity contribution < 1.29 is 4.74 Å². The molecule has 68 valence electrons. The number of nitrogens with zero attached hydrogens (tertiary/aromatic N) is 2. The minimum Gasteiger partial charge on any atom is -0.378 e. The van der Waals surface area contributed by atoms with Gasteiger partial charge in [0, 0.05) is 25.6 Å². The van der Waals surface area contributed by atoms with Crippen LogP contribution in [0.4, 0.5) is 0 Å². The summed E-state index contributed by atoms with van der Waals surface area (Å²) >= 11 is 0. The average Bonchev–Trinajstić information content (AvgIpc) is 2.16. The normalized spacial score (nSPS) is 9.54. The first-order valence-electron chi connectivity index (χ1n) is 4.17. The molecule has 3 heteroatoms. The molecule has 0 unspecified atom stereocenters. The molecule has 0 fully saturated rings. The van der Waals surface area contributed by atoms with Crippen LogP contribution in [0, 0.1) is 11.3 Å². The molecule has 0 N–H and O–H groups in total. The van der Waals surface area contributed by atoms with Gasteiger partial charge in [-0.3, -0.25) is 4.98 Å². The molecule has 0 aliphatic heterocycles. The Hall–Kier alpha value is -1.40. The number of aromatic nitrogens is 1. The molecule has 0 spiro atoms. The van der Waals surface area contributed by atoms with Gasteiger partial charge in [0.2, 0.25) is 0 Å². The van der Waals surface area contributed by atoms with Crippen LogP contribution in [0.3, 0.4) is 0 Å². The largest absolute Gasteiger partial charge is 0.378 e. The van der Waals surface area contributed by atoms with E-state index in [4.69, 9.17) is 10.00 Å². The third kappa shape index (κ3) is 3.22. The standard InChI is InChI=1S/C10H12N2O/c1-13-8-10-5-2-4-9(12-10)6-3-7-11/h2,4-5H,3,6,8H2,1H3. The van der Waals surface area contributed by atoms with Crippen molar-refractivity contribution in [3.05, 3.63) is 29.6 Å². The van der Waals surface area contributed by atoms with E-state index in [9.17, 15) is 0 Å². The van der Waals surface area contributed by atoms with Crippen molar-refractivity contribution in [3.8, 4) is 6.07 Å². The lowest BCUT2D eigenvalue weighted by Crippen LogP contribution is -1.96. The Balaban J connectivity index is 2.63. The van der Waals surface area contributed by atoms with E-state index in [-0.39, 0.29) is 0 Å². The Bertz CT molecular complexity index is 304. The number of aryl methyl sites for hydroxylation is 1. The van der Waals surface area contributed by atoms with Crippen molar-refractivity contribution in [2.75, 3.05) is 7.11 Å². The van der Waals surface area contributed by atoms with E-state index in [0.717, 1.165) is 11.4 Å². The van der Waals surface area contributed by atoms with Gasteiger partial charge in [-0.2, -0.15) is 5.26 Å². The third-order valence-corrected chi connectivity index (χ3v) is 1.65. The second-order valence-electron chi connectivity index (χ2n) is 2.71. The summed E-state index contributed by atoms with van der Waals surface area (Å²) in [5, 5.41) is 8.40. The molecule has 0 aliphatic carbocycles. The summed E-state index contributed by atoms with van der Waals surface area (Å²) in [6, 6.07) is 7.88. The van der Waals surface area contributed by atoms with E-state index < -0.39 is 0 Å². The Labute approximate surface area is 78.0 Å². The molecule has 1 aromatic heterocycles. The second kappa shape index (κ2) is 5.28. The maximum absolute atomic E-state index is 8.40. The molecule has 0 amide bonds. The zero-order valence-electron chi connectivity index (χ0n) is 7.66. The van der Waals surface area contributed by atoms with Crippen LogP contribution in [0.15, 0.2) is 18.2 Å². The Morgan fingerprint density at radius 2 is 2.23 bits per heavy atom. The van der Waals surface area contributed by atoms with Crippen molar-refractivity contribution >= 4 is 0 Å². The predicted molar refractivity (Wildman–Crippen MR) is 48.9 cm³/mol. The first-order valence-corrected chi connectivity index (χ1v) is 4.17. The van der Waals surface area contributed by atoms with Crippen molar-refractivity contribution in [2.24, 2.45) is 0 Å². The monoisotopic (exact) mass is 176 g/mol. The summed E-state index contributed by atoms with van der Waals surface area (Å²) in [7, 11) is 1.64. The van der Waals surface area contributed by atoms with Crippen LogP contribution < -0.4 is 0 Å². The van der Waals surface area contributed by atoms with Crippen LogP contribution in [0.2, 0.25) is 0 Å². The summed E-state index contributed by atoms with van der Waals surface area (Å²) in [6.07, 6.45) is 1.23. The van der Waals surface area contributed by atoms with Gasteiger partial charge in [0.1, 0.15) is 0 Å². The van der Waals surface area contributed by atoms with Crippen LogP contribution in [0.1, 0.15) is 17.8 Å². The van der Waals surface area contributed by atoms with E-state index in [1.54, 1.807) is 7.11 Å². The van der Waals surface area contributed by atoms with Gasteiger partial charge in [0.05, 0.1) is 18.4 Å². The summed E-state index contributed by atoms with van der Waals surface area (Å²) in [5.41, 5.74) is 1.87. The summed E-state index contributed by atoms with van der Waals surface area (Å²) in [6.45, 7) is 0.528. The van der Waals surface area contributed by atoms with Crippen molar-refractivity contribution in [2.45, 2.75) is 19.4 Å². The van der Waals surface area contributed by atoms with Gasteiger partial charge in [-0.25, -0.2) is 0 Å². The minimum atomic E-state index is 0.517. The van der Waals surface area contributed by atoms with Crippen molar-refractivity contribution in [3.63, 3.8) is 0 Å². The highest BCUT2D eigenvalue weighted by atomic mass is 16.5. The molecule has 0 aliphatic rings. The van der Waals surface area contributed by atoms with Crippen LogP contribution >= 0.6 is 0 Å². The quantitative estimate of drug-likeness (QED) is 0.701. The van der Waals surface area contributed by atoms with E-state index in [1.807, 2.05) is 18.2 Å². The van der Waals surface area contributed by atoms with Gasteiger partial charge in [-0.05, 0) is 12.1 Å². The summed E-state index contributed by atoms with van der Waals surface area (Å²) < 4.78 is 4.96. The number of hydrogen-bond acceptors (Lipinski definition) is 3. The van der Waals surface area contributed by atoms with Crippen molar-refractivity contribution in [1.82, 2.24) is 4.98 Å². The molecule has 3 nitrogen and oxygen atoms in total. The predicted octanol–water partition coefficient (Wildman–Crippen LogP) is 1.68. The third-order valence-electron chi connectivity index (χ3n) is 1.65. The lowest BCUT2D eigenvalue weighted by molar-refractivity contribution is 0.181. The van der Waals surface area contributed by atoms with Gasteiger partial charge in [0.25, 0.3) is 0 Å². The lowest BCUT2D eigenvalue weighted by Gasteiger charge is -2.01. The Morgan fingerprint density at radius 3 is 2.92 bits per heavy atom. The smallest absolute Gasteiger partial charge is 0.0884 e. The summed E-state index contributed by atoms with van der Waals surface area (Å²) in [5.74, 6) is 0. The number of rotatable bonds is 4. The molecule has 0 atom stereocenters. The van der Waals surface area contributed by atoms with Gasteiger partial charge < -0.3 is 4.74 Å². The molecule has 1 heterocycles. The highest BCUT2D eigenvalue weighted by Gasteiger charge is 1.96. The van der Waals surface area contributed by atoms with Crippen LogP contribution in [-0.4, -0.2) is 12.1 Å². The molecular weight excluding hydrogens is 164 g/mol. The fourth-order valence-electron chi connectivity index (χ4n) is 1.08. The van der Waals surface area contributed by atoms with Gasteiger partial charge in [-0.1, -0.05) is 6.07 Å². The molecule has 1 rings (SSSR count). The molecule has 0 saturated heterocycles. The van der Waals surface area contributed by atoms with Crippen LogP contribution in [-0.2, 0) is 17.8 Å². The minimum absolute atomic E-state index is 0.517. The summed E-state index contributed by atoms with van der Waals surface area (Å²) in [4.78, 5) is 4.32. The average molecular weight is 176 g/mol. The lowest BCUT2D eigenvalue weighted by atomic mass is 10.2. The van der Waals surface area contributed by atoms with E-state index in [1.165, 1.54) is 0 Å². The number of methoxy groups -OCH3 is 1. The molecule has 0 radical (unpaired) electrons. The van der Waals surface area contributed by atoms with Crippen LogP contribution in [0.25, 0.3) is 0 Å². The number of nitriles is 1. The highest BCUT2D eigenvalue weighted by Crippen LogP contribution is 2.02. The van der Waals surface area contributed by atoms with E-state index in [0.29, 0.717) is 19.4 Å². The molecular formula is C10H12N2O. The number of ether oxygens (including phenoxy) is 1. The SMILES string of the molecule is COCc1cccc(CCC#N)n1. The maximum atomic E-state index is 8.40. The Kier molecular flexibility index (Phi) is 3.94. The van der Waals surface area contributed by atoms with E-state index in [2.05, 4.69) is 11.1 Å². The first kappa shape index (κ1) is 9.69. The second-order valence-corrected chi connectivity index (χ2v) is 2.71. The van der Waals surface area contributed by atoms with E-state index >= 15 is 0 Å². The molecule has 0 bridgehead atoms. The first-order chi connectivity index (χ1) is 6.36. The molecule has 0 aromatic carbocycles. The van der Waals surface area contributed by atoms with Gasteiger partial charge in [0.15, 0.2) is 0 Å². The number of pyridine rings is 1. The fourth-order valence-corrected chi connectivity index (χ4v) is 1.08. The number of hydrogen-bond donors (Lipinski definition) is 0. The Morgan fingerprint density at radius 1 is 1.46 bits per heavy atom. The molecule has 1 aromatic rings. The fraction of sp³-hybridized carbons (Fsp3) is 0.400.